The van der Waals surface area contributed by atoms with Crippen molar-refractivity contribution < 1.29 is 4.79 Å². The van der Waals surface area contributed by atoms with E-state index in [-0.39, 0.29) is 12.1 Å². The van der Waals surface area contributed by atoms with Gasteiger partial charge in [-0.15, -0.1) is 10.2 Å². The van der Waals surface area contributed by atoms with Crippen LogP contribution < -0.4 is 15.5 Å². The van der Waals surface area contributed by atoms with E-state index in [2.05, 4.69) is 51.1 Å². The third kappa shape index (κ3) is 3.81. The van der Waals surface area contributed by atoms with Crippen molar-refractivity contribution >= 4 is 17.4 Å². The number of nitrogens with one attached hydrogen (secondary N) is 2. The molecule has 1 aliphatic heterocycles. The SMILES string of the molecule is CCN(C)c1ccccc1NC(=O)NC1CCc2nnc(C(C)C)n2C1. The van der Waals surface area contributed by atoms with Gasteiger partial charge < -0.3 is 20.1 Å². The number of benzene rings is 1. The molecule has 2 N–H and O–H groups in total. The van der Waals surface area contributed by atoms with E-state index < -0.39 is 0 Å². The van der Waals surface area contributed by atoms with Crippen LogP contribution in [0.5, 0.6) is 0 Å². The Bertz CT molecular complexity index is 769. The number of amides is 2. The van der Waals surface area contributed by atoms with Gasteiger partial charge in [-0.1, -0.05) is 26.0 Å². The van der Waals surface area contributed by atoms with E-state index in [1.165, 1.54) is 0 Å². The van der Waals surface area contributed by atoms with E-state index in [1.807, 2.05) is 31.3 Å². The fraction of sp³-hybridized carbons (Fsp3) is 0.526. The van der Waals surface area contributed by atoms with Crippen LogP contribution in [-0.2, 0) is 13.0 Å². The van der Waals surface area contributed by atoms with Gasteiger partial charge in [0.25, 0.3) is 0 Å². The minimum Gasteiger partial charge on any atom is -0.373 e. The molecule has 0 bridgehead atoms. The van der Waals surface area contributed by atoms with Gasteiger partial charge in [0, 0.05) is 38.5 Å². The first kappa shape index (κ1) is 18.2. The molecule has 0 saturated heterocycles. The Morgan fingerprint density at radius 1 is 1.35 bits per heavy atom. The van der Waals surface area contributed by atoms with Crippen LogP contribution in [0.15, 0.2) is 24.3 Å². The predicted molar refractivity (Wildman–Crippen MR) is 104 cm³/mol. The summed E-state index contributed by atoms with van der Waals surface area (Å²) >= 11 is 0. The highest BCUT2D eigenvalue weighted by Gasteiger charge is 2.25. The van der Waals surface area contributed by atoms with Crippen molar-refractivity contribution in [3.63, 3.8) is 0 Å². The number of rotatable bonds is 5. The maximum absolute atomic E-state index is 12.5. The van der Waals surface area contributed by atoms with Crippen LogP contribution >= 0.6 is 0 Å². The smallest absolute Gasteiger partial charge is 0.319 e. The lowest BCUT2D eigenvalue weighted by Gasteiger charge is -2.26. The predicted octanol–water partition coefficient (Wildman–Crippen LogP) is 2.99. The minimum atomic E-state index is -0.172. The molecule has 1 aliphatic rings. The summed E-state index contributed by atoms with van der Waals surface area (Å²) in [7, 11) is 2.01. The number of hydrogen-bond donors (Lipinski definition) is 2. The summed E-state index contributed by atoms with van der Waals surface area (Å²) in [5, 5.41) is 14.7. The molecule has 1 unspecified atom stereocenters. The molecule has 3 rings (SSSR count). The van der Waals surface area contributed by atoms with Crippen molar-refractivity contribution in [3.8, 4) is 0 Å². The van der Waals surface area contributed by atoms with Crippen LogP contribution in [0.25, 0.3) is 0 Å². The molecule has 7 heteroatoms. The molecular formula is C19H28N6O. The van der Waals surface area contributed by atoms with E-state index >= 15 is 0 Å². The standard InChI is InChI=1S/C19H28N6O/c1-5-24(4)16-9-7-6-8-15(16)21-19(26)20-14-10-11-17-22-23-18(13(2)3)25(17)12-14/h6-9,13-14H,5,10-12H2,1-4H3,(H2,20,21,26). The molecule has 0 fully saturated rings. The fourth-order valence-corrected chi connectivity index (χ4v) is 3.32. The molecule has 1 aromatic carbocycles. The topological polar surface area (TPSA) is 75.1 Å². The molecule has 0 spiro atoms. The number of urea groups is 1. The average Bonchev–Trinajstić information content (AvgIpc) is 3.05. The summed E-state index contributed by atoms with van der Waals surface area (Å²) in [4.78, 5) is 14.6. The average molecular weight is 356 g/mol. The van der Waals surface area contributed by atoms with Gasteiger partial charge in [0.15, 0.2) is 0 Å². The number of fused-ring (bicyclic) bond motifs is 1. The van der Waals surface area contributed by atoms with Gasteiger partial charge in [-0.05, 0) is 25.5 Å². The van der Waals surface area contributed by atoms with Crippen molar-refractivity contribution in [2.24, 2.45) is 0 Å². The Labute approximate surface area is 154 Å². The monoisotopic (exact) mass is 356 g/mol. The number of anilines is 2. The highest BCUT2D eigenvalue weighted by Crippen LogP contribution is 2.24. The number of carbonyl (C=O) groups excluding carboxylic acids is 1. The largest absolute Gasteiger partial charge is 0.373 e. The van der Waals surface area contributed by atoms with Gasteiger partial charge in [0.05, 0.1) is 11.4 Å². The van der Waals surface area contributed by atoms with Gasteiger partial charge in [0.2, 0.25) is 0 Å². The molecular weight excluding hydrogens is 328 g/mol. The maximum atomic E-state index is 12.5. The minimum absolute atomic E-state index is 0.0760. The molecule has 1 aromatic heterocycles. The number of nitrogens with zero attached hydrogens (tertiary/aromatic N) is 4. The normalized spacial score (nSPS) is 16.3. The fourth-order valence-electron chi connectivity index (χ4n) is 3.32. The van der Waals surface area contributed by atoms with Gasteiger partial charge in [-0.3, -0.25) is 0 Å². The molecule has 0 radical (unpaired) electrons. The molecule has 7 nitrogen and oxygen atoms in total. The molecule has 140 valence electrons. The Hall–Kier alpha value is -2.57. The van der Waals surface area contributed by atoms with Crippen molar-refractivity contribution in [2.75, 3.05) is 23.8 Å². The summed E-state index contributed by atoms with van der Waals surface area (Å²) in [6.07, 6.45) is 1.71. The summed E-state index contributed by atoms with van der Waals surface area (Å²) in [5.74, 6) is 2.32. The quantitative estimate of drug-likeness (QED) is 0.864. The maximum Gasteiger partial charge on any atom is 0.319 e. The second-order valence-corrected chi connectivity index (χ2v) is 7.11. The first-order valence-electron chi connectivity index (χ1n) is 9.29. The molecule has 0 saturated carbocycles. The van der Waals surface area contributed by atoms with Gasteiger partial charge >= 0.3 is 6.03 Å². The number of aryl methyl sites for hydroxylation is 1. The lowest BCUT2D eigenvalue weighted by atomic mass is 10.1. The van der Waals surface area contributed by atoms with Crippen molar-refractivity contribution in [1.29, 1.82) is 0 Å². The van der Waals surface area contributed by atoms with Crippen LogP contribution in [0.1, 0.15) is 44.8 Å². The molecule has 1 atom stereocenters. The van der Waals surface area contributed by atoms with Crippen molar-refractivity contribution in [2.45, 2.75) is 52.1 Å². The lowest BCUT2D eigenvalue weighted by molar-refractivity contribution is 0.244. The van der Waals surface area contributed by atoms with E-state index in [9.17, 15) is 4.79 Å². The zero-order valence-electron chi connectivity index (χ0n) is 16.0. The molecule has 26 heavy (non-hydrogen) atoms. The van der Waals surface area contributed by atoms with E-state index in [0.29, 0.717) is 5.92 Å². The van der Waals surface area contributed by atoms with Crippen LogP contribution in [0.3, 0.4) is 0 Å². The molecule has 2 heterocycles. The van der Waals surface area contributed by atoms with Crippen LogP contribution in [-0.4, -0.2) is 40.4 Å². The Morgan fingerprint density at radius 3 is 2.85 bits per heavy atom. The highest BCUT2D eigenvalue weighted by atomic mass is 16.2. The number of para-hydroxylation sites is 2. The number of hydrogen-bond acceptors (Lipinski definition) is 4. The highest BCUT2D eigenvalue weighted by molar-refractivity contribution is 5.93. The third-order valence-corrected chi connectivity index (χ3v) is 4.86. The van der Waals surface area contributed by atoms with E-state index in [4.69, 9.17) is 0 Å². The molecule has 2 aromatic rings. The second-order valence-electron chi connectivity index (χ2n) is 7.11. The Balaban J connectivity index is 1.65. The molecule has 2 amide bonds. The van der Waals surface area contributed by atoms with Gasteiger partial charge in [-0.2, -0.15) is 0 Å². The summed E-state index contributed by atoms with van der Waals surface area (Å²) in [6.45, 7) is 7.91. The summed E-state index contributed by atoms with van der Waals surface area (Å²) in [5.41, 5.74) is 1.83. The third-order valence-electron chi connectivity index (χ3n) is 4.86. The summed E-state index contributed by atoms with van der Waals surface area (Å²) in [6, 6.07) is 7.75. The van der Waals surface area contributed by atoms with Gasteiger partial charge in [0.1, 0.15) is 11.6 Å². The van der Waals surface area contributed by atoms with Crippen molar-refractivity contribution in [1.82, 2.24) is 20.1 Å². The number of carbonyl (C=O) groups is 1. The van der Waals surface area contributed by atoms with E-state index in [1.54, 1.807) is 0 Å². The van der Waals surface area contributed by atoms with Crippen LogP contribution in [0, 0.1) is 0 Å². The zero-order chi connectivity index (χ0) is 18.7. The molecule has 0 aliphatic carbocycles. The zero-order valence-corrected chi connectivity index (χ0v) is 16.0. The Morgan fingerprint density at radius 2 is 2.12 bits per heavy atom. The second kappa shape index (κ2) is 7.76. The van der Waals surface area contributed by atoms with Gasteiger partial charge in [-0.25, -0.2) is 4.79 Å². The van der Waals surface area contributed by atoms with Crippen LogP contribution in [0.2, 0.25) is 0 Å². The lowest BCUT2D eigenvalue weighted by Crippen LogP contribution is -2.43. The Kier molecular flexibility index (Phi) is 5.44. The first-order valence-corrected chi connectivity index (χ1v) is 9.29. The number of aromatic nitrogens is 3. The van der Waals surface area contributed by atoms with E-state index in [0.717, 1.165) is 49.0 Å². The van der Waals surface area contributed by atoms with Crippen molar-refractivity contribution in [3.05, 3.63) is 35.9 Å². The van der Waals surface area contributed by atoms with Crippen LogP contribution in [0.4, 0.5) is 16.2 Å². The summed E-state index contributed by atoms with van der Waals surface area (Å²) < 4.78 is 2.15. The first-order chi connectivity index (χ1) is 12.5.